The summed E-state index contributed by atoms with van der Waals surface area (Å²) in [6, 6.07) is 13.9. The Labute approximate surface area is 242 Å². The maximum atomic E-state index is 14.1. The van der Waals surface area contributed by atoms with E-state index in [0.717, 1.165) is 11.1 Å². The first-order valence-electron chi connectivity index (χ1n) is 13.9. The van der Waals surface area contributed by atoms with Gasteiger partial charge in [0.2, 0.25) is 23.6 Å². The van der Waals surface area contributed by atoms with Crippen LogP contribution in [0.2, 0.25) is 0 Å². The van der Waals surface area contributed by atoms with Crippen LogP contribution in [0.25, 0.3) is 0 Å². The monoisotopic (exact) mass is 565 g/mol. The Bertz CT molecular complexity index is 1210. The minimum absolute atomic E-state index is 0.152. The maximum absolute atomic E-state index is 14.1. The van der Waals surface area contributed by atoms with Gasteiger partial charge in [-0.1, -0.05) is 63.2 Å². The number of nitrogens with zero attached hydrogens (tertiary/aromatic N) is 1. The van der Waals surface area contributed by atoms with Crippen molar-refractivity contribution in [3.05, 3.63) is 65.7 Å². The smallest absolute Gasteiger partial charge is 0.246 e. The van der Waals surface area contributed by atoms with E-state index in [1.807, 2.05) is 75.4 Å². The van der Waals surface area contributed by atoms with Crippen LogP contribution in [-0.2, 0) is 19.2 Å². The normalized spacial score (nSPS) is 19.0. The minimum atomic E-state index is -0.885. The number of carbonyl (C=O) groups excluding carboxylic acids is 4. The molecule has 222 valence electrons. The van der Waals surface area contributed by atoms with Crippen molar-refractivity contribution < 1.29 is 23.9 Å². The molecule has 0 spiro atoms. The number of carbonyl (C=O) groups is 4. The van der Waals surface area contributed by atoms with Gasteiger partial charge in [-0.15, -0.1) is 0 Å². The van der Waals surface area contributed by atoms with Crippen molar-refractivity contribution in [2.24, 2.45) is 5.41 Å². The molecule has 4 amide bonds. The zero-order valence-electron chi connectivity index (χ0n) is 25.0. The van der Waals surface area contributed by atoms with Crippen molar-refractivity contribution in [2.75, 3.05) is 20.7 Å². The summed E-state index contributed by atoms with van der Waals surface area (Å²) in [6.45, 7) is 8.87. The van der Waals surface area contributed by atoms with Gasteiger partial charge in [0.1, 0.15) is 17.8 Å². The summed E-state index contributed by atoms with van der Waals surface area (Å²) in [4.78, 5) is 54.2. The molecule has 1 aliphatic rings. The molecule has 4 N–H and O–H groups in total. The predicted molar refractivity (Wildman–Crippen MR) is 157 cm³/mol. The van der Waals surface area contributed by atoms with E-state index in [0.29, 0.717) is 5.75 Å². The van der Waals surface area contributed by atoms with E-state index in [1.54, 1.807) is 21.1 Å². The van der Waals surface area contributed by atoms with Gasteiger partial charge >= 0.3 is 0 Å². The van der Waals surface area contributed by atoms with Crippen LogP contribution in [0, 0.1) is 5.41 Å². The molecule has 0 radical (unpaired) electrons. The van der Waals surface area contributed by atoms with Gasteiger partial charge in [0.15, 0.2) is 0 Å². The van der Waals surface area contributed by atoms with Crippen molar-refractivity contribution in [1.82, 2.24) is 26.2 Å². The molecule has 3 rings (SSSR count). The Morgan fingerprint density at radius 3 is 2.10 bits per heavy atom. The van der Waals surface area contributed by atoms with Gasteiger partial charge in [0, 0.05) is 19.5 Å². The standard InChI is InChI=1S/C31H43N5O5/c1-19(32-6)28(38)35-27(31(3,4)5)30(40)36-18-23(33-20(2)37)17-25(36)29(39)34-26(21-11-9-8-10-12-21)22-13-15-24(41-7)16-14-22/h8-16,19,23,25-27,32H,17-18H2,1-7H3,(H,33,37)(H,34,39)(H,35,38)/t19-,23-,25-,26+,27+/m0/s1. The van der Waals surface area contributed by atoms with E-state index in [-0.39, 0.29) is 36.6 Å². The van der Waals surface area contributed by atoms with Crippen LogP contribution in [0.4, 0.5) is 0 Å². The zero-order valence-corrected chi connectivity index (χ0v) is 25.0. The lowest BCUT2D eigenvalue weighted by Crippen LogP contribution is -2.59. The number of likely N-dealkylation sites (tertiary alicyclic amines) is 1. The molecule has 0 unspecified atom stereocenters. The molecule has 1 saturated heterocycles. The lowest BCUT2D eigenvalue weighted by molar-refractivity contribution is -0.144. The molecule has 10 nitrogen and oxygen atoms in total. The zero-order chi connectivity index (χ0) is 30.3. The Morgan fingerprint density at radius 1 is 0.951 bits per heavy atom. The highest BCUT2D eigenvalue weighted by atomic mass is 16.5. The summed E-state index contributed by atoms with van der Waals surface area (Å²) in [6.07, 6.45) is 0.249. The number of ether oxygens (including phenoxy) is 1. The molecule has 0 bridgehead atoms. The SMILES string of the molecule is CN[C@@H](C)C(=O)N[C@H](C(=O)N1C[C@@H](NC(C)=O)C[C@H]1C(=O)N[C@H](c1ccccc1)c1ccc(OC)cc1)C(C)(C)C. The van der Waals surface area contributed by atoms with Crippen molar-refractivity contribution in [3.63, 3.8) is 0 Å². The lowest BCUT2D eigenvalue weighted by Gasteiger charge is -2.36. The van der Waals surface area contributed by atoms with Crippen LogP contribution < -0.4 is 26.0 Å². The van der Waals surface area contributed by atoms with Crippen LogP contribution in [0.5, 0.6) is 5.75 Å². The van der Waals surface area contributed by atoms with Crippen molar-refractivity contribution in [2.45, 2.75) is 71.2 Å². The number of benzene rings is 2. The number of methoxy groups -OCH3 is 1. The molecular weight excluding hydrogens is 522 g/mol. The fourth-order valence-corrected chi connectivity index (χ4v) is 4.97. The van der Waals surface area contributed by atoms with Crippen molar-refractivity contribution >= 4 is 23.6 Å². The number of hydrogen-bond acceptors (Lipinski definition) is 6. The molecule has 2 aromatic rings. The maximum Gasteiger partial charge on any atom is 0.246 e. The first-order chi connectivity index (χ1) is 19.3. The quantitative estimate of drug-likeness (QED) is 0.350. The fraction of sp³-hybridized carbons (Fsp3) is 0.484. The van der Waals surface area contributed by atoms with Gasteiger partial charge < -0.3 is 30.9 Å². The third-order valence-corrected chi connectivity index (χ3v) is 7.39. The third kappa shape index (κ3) is 8.07. The van der Waals surface area contributed by atoms with E-state index in [4.69, 9.17) is 4.74 Å². The minimum Gasteiger partial charge on any atom is -0.497 e. The summed E-state index contributed by atoms with van der Waals surface area (Å²) in [5.74, 6) is -0.586. The molecule has 1 aliphatic heterocycles. The van der Waals surface area contributed by atoms with Gasteiger partial charge in [-0.3, -0.25) is 19.2 Å². The van der Waals surface area contributed by atoms with Crippen LogP contribution in [0.1, 0.15) is 58.2 Å². The summed E-state index contributed by atoms with van der Waals surface area (Å²) in [5, 5.41) is 11.8. The number of likely N-dealkylation sites (N-methyl/N-ethyl adjacent to an activating group) is 1. The fourth-order valence-electron chi connectivity index (χ4n) is 4.97. The lowest BCUT2D eigenvalue weighted by atomic mass is 9.85. The molecular formula is C31H43N5O5. The van der Waals surface area contributed by atoms with Gasteiger partial charge in [0.25, 0.3) is 0 Å². The van der Waals surface area contributed by atoms with E-state index >= 15 is 0 Å². The number of rotatable bonds is 10. The highest BCUT2D eigenvalue weighted by Crippen LogP contribution is 2.29. The van der Waals surface area contributed by atoms with E-state index < -0.39 is 35.6 Å². The van der Waals surface area contributed by atoms with Crippen molar-refractivity contribution in [1.29, 1.82) is 0 Å². The molecule has 10 heteroatoms. The molecule has 1 heterocycles. The molecule has 0 saturated carbocycles. The predicted octanol–water partition coefficient (Wildman–Crippen LogP) is 2.15. The second-order valence-corrected chi connectivity index (χ2v) is 11.6. The molecule has 0 aromatic heterocycles. The van der Waals surface area contributed by atoms with Gasteiger partial charge in [-0.25, -0.2) is 0 Å². The highest BCUT2D eigenvalue weighted by molar-refractivity contribution is 5.94. The van der Waals surface area contributed by atoms with Crippen LogP contribution >= 0.6 is 0 Å². The van der Waals surface area contributed by atoms with E-state index in [9.17, 15) is 19.2 Å². The average molecular weight is 566 g/mol. The Balaban J connectivity index is 1.94. The second-order valence-electron chi connectivity index (χ2n) is 11.6. The number of hydrogen-bond donors (Lipinski definition) is 4. The average Bonchev–Trinajstić information content (AvgIpc) is 3.36. The first kappa shape index (κ1) is 31.6. The van der Waals surface area contributed by atoms with Crippen LogP contribution in [-0.4, -0.2) is 73.4 Å². The molecule has 41 heavy (non-hydrogen) atoms. The van der Waals surface area contributed by atoms with Crippen molar-refractivity contribution in [3.8, 4) is 5.75 Å². The van der Waals surface area contributed by atoms with E-state index in [2.05, 4.69) is 21.3 Å². The van der Waals surface area contributed by atoms with Gasteiger partial charge in [-0.2, -0.15) is 0 Å². The molecule has 2 aromatic carbocycles. The first-order valence-corrected chi connectivity index (χ1v) is 13.9. The summed E-state index contributed by atoms with van der Waals surface area (Å²) in [7, 11) is 3.26. The second kappa shape index (κ2) is 13.6. The summed E-state index contributed by atoms with van der Waals surface area (Å²) < 4.78 is 5.30. The third-order valence-electron chi connectivity index (χ3n) is 7.39. The highest BCUT2D eigenvalue weighted by Gasteiger charge is 2.45. The number of nitrogens with one attached hydrogen (secondary N) is 4. The van der Waals surface area contributed by atoms with E-state index in [1.165, 1.54) is 11.8 Å². The summed E-state index contributed by atoms with van der Waals surface area (Å²) in [5.41, 5.74) is 1.09. The Morgan fingerprint density at radius 2 is 1.56 bits per heavy atom. The van der Waals surface area contributed by atoms with Crippen LogP contribution in [0.15, 0.2) is 54.6 Å². The Hall–Kier alpha value is -3.92. The van der Waals surface area contributed by atoms with Gasteiger partial charge in [-0.05, 0) is 49.1 Å². The Kier molecular flexibility index (Phi) is 10.5. The molecule has 1 fully saturated rings. The number of amides is 4. The molecule has 5 atom stereocenters. The molecule has 0 aliphatic carbocycles. The van der Waals surface area contributed by atoms with Crippen LogP contribution in [0.3, 0.4) is 0 Å². The largest absolute Gasteiger partial charge is 0.497 e. The van der Waals surface area contributed by atoms with Gasteiger partial charge in [0.05, 0.1) is 19.2 Å². The summed E-state index contributed by atoms with van der Waals surface area (Å²) >= 11 is 0. The topological polar surface area (TPSA) is 129 Å².